The van der Waals surface area contributed by atoms with Crippen molar-refractivity contribution in [3.63, 3.8) is 0 Å². The average Bonchev–Trinajstić information content (AvgIpc) is 3.03. The van der Waals surface area contributed by atoms with Crippen molar-refractivity contribution < 1.29 is 24.2 Å². The minimum Gasteiger partial charge on any atom is -0.463 e. The average molecular weight is 454 g/mol. The predicted molar refractivity (Wildman–Crippen MR) is 118 cm³/mol. The molecule has 10 heteroatoms. The van der Waals surface area contributed by atoms with Crippen LogP contribution < -0.4 is 5.56 Å². The Labute approximate surface area is 185 Å². The molecule has 0 fully saturated rings. The van der Waals surface area contributed by atoms with Crippen LogP contribution >= 0.6 is 11.3 Å². The molecule has 0 aliphatic heterocycles. The van der Waals surface area contributed by atoms with Crippen molar-refractivity contribution in [3.05, 3.63) is 26.6 Å². The summed E-state index contributed by atoms with van der Waals surface area (Å²) >= 11 is 1.13. The Morgan fingerprint density at radius 3 is 2.58 bits per heavy atom. The smallest absolute Gasteiger partial charge is 0.348 e. The van der Waals surface area contributed by atoms with E-state index in [0.29, 0.717) is 39.3 Å². The molecule has 0 spiro atoms. The summed E-state index contributed by atoms with van der Waals surface area (Å²) in [6, 6.07) is 0.0437. The van der Waals surface area contributed by atoms with E-state index in [1.54, 1.807) is 13.8 Å². The number of aryl methyl sites for hydroxylation is 1. The summed E-state index contributed by atoms with van der Waals surface area (Å²) in [6.07, 6.45) is 0.145. The van der Waals surface area contributed by atoms with Crippen molar-refractivity contribution >= 4 is 33.5 Å². The van der Waals surface area contributed by atoms with E-state index in [0.717, 1.165) is 11.3 Å². The first-order valence-corrected chi connectivity index (χ1v) is 11.3. The van der Waals surface area contributed by atoms with Gasteiger partial charge in [0.25, 0.3) is 5.56 Å². The zero-order valence-electron chi connectivity index (χ0n) is 18.7. The van der Waals surface area contributed by atoms with Crippen LogP contribution in [-0.4, -0.2) is 63.8 Å². The molecule has 2 N–H and O–H groups in total. The van der Waals surface area contributed by atoms with Gasteiger partial charge in [-0.05, 0) is 39.7 Å². The Bertz CT molecular complexity index is 968. The van der Waals surface area contributed by atoms with Crippen molar-refractivity contribution in [1.29, 1.82) is 0 Å². The summed E-state index contributed by atoms with van der Waals surface area (Å²) in [5.74, 6) is -0.369. The van der Waals surface area contributed by atoms with Gasteiger partial charge in [0.1, 0.15) is 28.2 Å². The van der Waals surface area contributed by atoms with Gasteiger partial charge in [0.2, 0.25) is 0 Å². The van der Waals surface area contributed by atoms with E-state index in [1.165, 1.54) is 0 Å². The van der Waals surface area contributed by atoms with Crippen LogP contribution in [0, 0.1) is 6.92 Å². The number of hydrogen-bond acceptors (Lipinski definition) is 9. The highest BCUT2D eigenvalue weighted by molar-refractivity contribution is 7.20. The summed E-state index contributed by atoms with van der Waals surface area (Å²) in [6.45, 7) is 9.93. The molecule has 2 rings (SSSR count). The van der Waals surface area contributed by atoms with Crippen LogP contribution in [0.3, 0.4) is 0 Å². The van der Waals surface area contributed by atoms with Gasteiger partial charge in [-0.25, -0.2) is 9.78 Å². The standard InChI is InChI=1S/C21H31N3O6S/c1-6-8-16(26)30-11-14(25)9-24(12(3)4)10-15-22-19(27)17-13(5)18(21(28)29-7-2)31-20(17)23-15/h12,14,25H,6-11H2,1-5H3,(H,22,23,27)/t14-/m0/s1. The zero-order valence-corrected chi connectivity index (χ0v) is 19.5. The Morgan fingerprint density at radius 1 is 1.26 bits per heavy atom. The number of fused-ring (bicyclic) bond motifs is 1. The molecular weight excluding hydrogens is 422 g/mol. The molecule has 0 saturated heterocycles. The quantitative estimate of drug-likeness (QED) is 0.497. The molecule has 31 heavy (non-hydrogen) atoms. The van der Waals surface area contributed by atoms with Crippen molar-refractivity contribution in [2.45, 2.75) is 66.2 Å². The van der Waals surface area contributed by atoms with E-state index in [-0.39, 0.29) is 43.9 Å². The molecule has 0 aliphatic carbocycles. The van der Waals surface area contributed by atoms with Gasteiger partial charge < -0.3 is 19.6 Å². The fourth-order valence-electron chi connectivity index (χ4n) is 3.09. The molecule has 0 saturated carbocycles. The van der Waals surface area contributed by atoms with Gasteiger partial charge in [-0.15, -0.1) is 11.3 Å². The summed E-state index contributed by atoms with van der Waals surface area (Å²) in [5.41, 5.74) is 0.242. The van der Waals surface area contributed by atoms with Crippen LogP contribution in [0.1, 0.15) is 61.6 Å². The Balaban J connectivity index is 2.18. The maximum Gasteiger partial charge on any atom is 0.348 e. The summed E-state index contributed by atoms with van der Waals surface area (Å²) in [5, 5.41) is 10.7. The van der Waals surface area contributed by atoms with Gasteiger partial charge in [0.15, 0.2) is 0 Å². The van der Waals surface area contributed by atoms with E-state index in [2.05, 4.69) is 9.97 Å². The second-order valence-electron chi connectivity index (χ2n) is 7.58. The minimum atomic E-state index is -0.863. The molecule has 0 bridgehead atoms. The van der Waals surface area contributed by atoms with Crippen molar-refractivity contribution in [2.75, 3.05) is 19.8 Å². The lowest BCUT2D eigenvalue weighted by atomic mass is 10.2. The topological polar surface area (TPSA) is 122 Å². The number of rotatable bonds is 11. The molecule has 2 aromatic heterocycles. The third kappa shape index (κ3) is 6.59. The van der Waals surface area contributed by atoms with Crippen LogP contribution in [0.5, 0.6) is 0 Å². The first kappa shape index (κ1) is 25.0. The monoisotopic (exact) mass is 453 g/mol. The zero-order chi connectivity index (χ0) is 23.1. The SMILES string of the molecule is CCCC(=O)OC[C@@H](O)CN(Cc1nc2sc(C(=O)OCC)c(C)c2c(=O)[nH]1)C(C)C. The lowest BCUT2D eigenvalue weighted by Crippen LogP contribution is -2.39. The number of aromatic amines is 1. The molecule has 1 atom stereocenters. The van der Waals surface area contributed by atoms with E-state index >= 15 is 0 Å². The molecule has 0 radical (unpaired) electrons. The number of carbonyl (C=O) groups excluding carboxylic acids is 2. The number of ether oxygens (including phenoxy) is 2. The van der Waals surface area contributed by atoms with Crippen LogP contribution in [-0.2, 0) is 20.8 Å². The van der Waals surface area contributed by atoms with Gasteiger partial charge >= 0.3 is 11.9 Å². The highest BCUT2D eigenvalue weighted by atomic mass is 32.1. The number of nitrogens with zero attached hydrogens (tertiary/aromatic N) is 2. The number of thiophene rings is 1. The largest absolute Gasteiger partial charge is 0.463 e. The lowest BCUT2D eigenvalue weighted by molar-refractivity contribution is -0.147. The molecule has 2 aromatic rings. The van der Waals surface area contributed by atoms with Gasteiger partial charge in [-0.3, -0.25) is 14.5 Å². The van der Waals surface area contributed by atoms with E-state index in [9.17, 15) is 19.5 Å². The van der Waals surface area contributed by atoms with E-state index in [1.807, 2.05) is 25.7 Å². The van der Waals surface area contributed by atoms with Gasteiger partial charge in [-0.2, -0.15) is 0 Å². The van der Waals surface area contributed by atoms with Gasteiger partial charge in [0.05, 0.1) is 18.5 Å². The molecule has 9 nitrogen and oxygen atoms in total. The van der Waals surface area contributed by atoms with Crippen LogP contribution in [0.15, 0.2) is 4.79 Å². The number of esters is 2. The number of aliphatic hydroxyl groups is 1. The molecule has 0 amide bonds. The molecule has 0 aliphatic rings. The Hall–Kier alpha value is -2.30. The first-order valence-electron chi connectivity index (χ1n) is 10.4. The number of carbonyl (C=O) groups is 2. The highest BCUT2D eigenvalue weighted by Crippen LogP contribution is 2.27. The Morgan fingerprint density at radius 2 is 1.97 bits per heavy atom. The molecule has 0 unspecified atom stereocenters. The maximum absolute atomic E-state index is 12.7. The van der Waals surface area contributed by atoms with Crippen LogP contribution in [0.4, 0.5) is 0 Å². The van der Waals surface area contributed by atoms with Crippen LogP contribution in [0.25, 0.3) is 10.2 Å². The lowest BCUT2D eigenvalue weighted by Gasteiger charge is -2.28. The van der Waals surface area contributed by atoms with E-state index in [4.69, 9.17) is 9.47 Å². The fraction of sp³-hybridized carbons (Fsp3) is 0.619. The van der Waals surface area contributed by atoms with Gasteiger partial charge in [-0.1, -0.05) is 6.92 Å². The second-order valence-corrected chi connectivity index (χ2v) is 8.58. The molecule has 172 valence electrons. The number of aromatic nitrogens is 2. The third-order valence-electron chi connectivity index (χ3n) is 4.73. The second kappa shape index (κ2) is 11.4. The number of hydrogen-bond donors (Lipinski definition) is 2. The predicted octanol–water partition coefficient (Wildman–Crippen LogP) is 2.38. The first-order chi connectivity index (χ1) is 14.7. The summed E-state index contributed by atoms with van der Waals surface area (Å²) < 4.78 is 10.1. The third-order valence-corrected chi connectivity index (χ3v) is 5.90. The number of H-pyrrole nitrogens is 1. The molecular formula is C21H31N3O6S. The maximum atomic E-state index is 12.7. The Kier molecular flexibility index (Phi) is 9.15. The fourth-order valence-corrected chi connectivity index (χ4v) is 4.19. The van der Waals surface area contributed by atoms with Gasteiger partial charge in [0, 0.05) is 19.0 Å². The summed E-state index contributed by atoms with van der Waals surface area (Å²) in [4.78, 5) is 46.4. The molecule has 0 aromatic carbocycles. The highest BCUT2D eigenvalue weighted by Gasteiger charge is 2.22. The normalized spacial score (nSPS) is 12.5. The van der Waals surface area contributed by atoms with Crippen LogP contribution in [0.2, 0.25) is 0 Å². The van der Waals surface area contributed by atoms with Crippen molar-refractivity contribution in [3.8, 4) is 0 Å². The van der Waals surface area contributed by atoms with Crippen molar-refractivity contribution in [1.82, 2.24) is 14.9 Å². The van der Waals surface area contributed by atoms with Crippen molar-refractivity contribution in [2.24, 2.45) is 0 Å². The molecule has 2 heterocycles. The number of aliphatic hydroxyl groups excluding tert-OH is 1. The minimum absolute atomic E-state index is 0.0437. The summed E-state index contributed by atoms with van der Waals surface area (Å²) in [7, 11) is 0. The van der Waals surface area contributed by atoms with E-state index < -0.39 is 12.1 Å². The number of nitrogens with one attached hydrogen (secondary N) is 1.